The van der Waals surface area contributed by atoms with Crippen LogP contribution in [0.2, 0.25) is 0 Å². The van der Waals surface area contributed by atoms with Crippen LogP contribution in [0.5, 0.6) is 5.75 Å². The van der Waals surface area contributed by atoms with E-state index in [1.54, 1.807) is 0 Å². The molecule has 1 aliphatic heterocycles. The summed E-state index contributed by atoms with van der Waals surface area (Å²) in [5.74, 6) is 4.05. The lowest BCUT2D eigenvalue weighted by Crippen LogP contribution is -2.16. The largest absolute Gasteiger partial charge is 0.489 e. The number of ether oxygens (including phenoxy) is 1. The summed E-state index contributed by atoms with van der Waals surface area (Å²) in [7, 11) is 0. The quantitative estimate of drug-likeness (QED) is 0.579. The third-order valence-corrected chi connectivity index (χ3v) is 3.89. The Labute approximate surface area is 100 Å². The second kappa shape index (κ2) is 5.66. The second-order valence-corrected chi connectivity index (χ2v) is 5.20. The van der Waals surface area contributed by atoms with Crippen molar-refractivity contribution < 1.29 is 4.74 Å². The van der Waals surface area contributed by atoms with Gasteiger partial charge in [-0.1, -0.05) is 18.2 Å². The number of rotatable bonds is 5. The van der Waals surface area contributed by atoms with Gasteiger partial charge in [-0.05, 0) is 23.8 Å². The molecule has 0 spiro atoms. The van der Waals surface area contributed by atoms with Crippen LogP contribution < -0.4 is 4.74 Å². The summed E-state index contributed by atoms with van der Waals surface area (Å²) in [6, 6.07) is 8.31. The van der Waals surface area contributed by atoms with Crippen LogP contribution in [0, 0.1) is 0 Å². The van der Waals surface area contributed by atoms with Gasteiger partial charge in [0.25, 0.3) is 0 Å². The Morgan fingerprint density at radius 2 is 2.27 bits per heavy atom. The van der Waals surface area contributed by atoms with Crippen LogP contribution in [0.4, 0.5) is 0 Å². The number of thioether (sulfide) groups is 1. The molecular formula is C12H15ClOS. The summed E-state index contributed by atoms with van der Waals surface area (Å²) < 4.78 is 5.83. The standard InChI is InChI=1S/C12H15ClOS/c13-6-3-7-15-9-11-8-10-4-1-2-5-12(10)14-11/h1-2,4-5,11H,3,6-9H2. The van der Waals surface area contributed by atoms with Gasteiger partial charge in [0, 0.05) is 18.1 Å². The lowest BCUT2D eigenvalue weighted by molar-refractivity contribution is 0.259. The van der Waals surface area contributed by atoms with Crippen molar-refractivity contribution in [3.8, 4) is 5.75 Å². The average molecular weight is 243 g/mol. The molecule has 82 valence electrons. The van der Waals surface area contributed by atoms with Gasteiger partial charge in [0.1, 0.15) is 11.9 Å². The molecular weight excluding hydrogens is 228 g/mol. The fourth-order valence-corrected chi connectivity index (χ4v) is 2.97. The molecule has 2 rings (SSSR count). The van der Waals surface area contributed by atoms with E-state index >= 15 is 0 Å². The molecule has 0 amide bonds. The molecule has 1 aromatic rings. The monoisotopic (exact) mass is 242 g/mol. The van der Waals surface area contributed by atoms with Crippen molar-refractivity contribution in [1.29, 1.82) is 0 Å². The highest BCUT2D eigenvalue weighted by atomic mass is 35.5. The highest BCUT2D eigenvalue weighted by Gasteiger charge is 2.21. The van der Waals surface area contributed by atoms with Crippen LogP contribution in [-0.4, -0.2) is 23.5 Å². The van der Waals surface area contributed by atoms with E-state index in [4.69, 9.17) is 16.3 Å². The lowest BCUT2D eigenvalue weighted by atomic mass is 10.1. The number of fused-ring (bicyclic) bond motifs is 1. The number of para-hydroxylation sites is 1. The fourth-order valence-electron chi connectivity index (χ4n) is 1.72. The van der Waals surface area contributed by atoms with E-state index in [0.29, 0.717) is 6.10 Å². The first kappa shape index (κ1) is 11.2. The summed E-state index contributed by atoms with van der Waals surface area (Å²) in [6.45, 7) is 0. The van der Waals surface area contributed by atoms with Gasteiger partial charge in [-0.3, -0.25) is 0 Å². The zero-order valence-electron chi connectivity index (χ0n) is 8.62. The van der Waals surface area contributed by atoms with Crippen LogP contribution in [0.3, 0.4) is 0 Å². The van der Waals surface area contributed by atoms with Gasteiger partial charge in [-0.2, -0.15) is 11.8 Å². The summed E-state index contributed by atoms with van der Waals surface area (Å²) in [5, 5.41) is 0. The molecule has 1 unspecified atom stereocenters. The van der Waals surface area contributed by atoms with E-state index in [-0.39, 0.29) is 0 Å². The number of alkyl halides is 1. The van der Waals surface area contributed by atoms with E-state index in [9.17, 15) is 0 Å². The maximum atomic E-state index is 5.83. The van der Waals surface area contributed by atoms with E-state index in [1.165, 1.54) is 5.56 Å². The molecule has 0 N–H and O–H groups in total. The molecule has 0 aliphatic carbocycles. The predicted molar refractivity (Wildman–Crippen MR) is 67.2 cm³/mol. The van der Waals surface area contributed by atoms with Crippen molar-refractivity contribution in [2.75, 3.05) is 17.4 Å². The van der Waals surface area contributed by atoms with Crippen LogP contribution >= 0.6 is 23.4 Å². The van der Waals surface area contributed by atoms with Crippen LogP contribution in [-0.2, 0) is 6.42 Å². The molecule has 1 nitrogen and oxygen atoms in total. The Hall–Kier alpha value is -0.340. The molecule has 1 aromatic carbocycles. The third kappa shape index (κ3) is 3.05. The fraction of sp³-hybridized carbons (Fsp3) is 0.500. The second-order valence-electron chi connectivity index (χ2n) is 3.67. The number of benzene rings is 1. The Kier molecular flexibility index (Phi) is 4.21. The first-order valence-corrected chi connectivity index (χ1v) is 6.97. The maximum Gasteiger partial charge on any atom is 0.123 e. The zero-order chi connectivity index (χ0) is 10.5. The summed E-state index contributed by atoms with van der Waals surface area (Å²) in [6.07, 6.45) is 2.51. The first-order chi connectivity index (χ1) is 7.40. The number of hydrogen-bond acceptors (Lipinski definition) is 2. The van der Waals surface area contributed by atoms with E-state index in [0.717, 1.165) is 36.0 Å². The van der Waals surface area contributed by atoms with Gasteiger partial charge in [-0.15, -0.1) is 11.6 Å². The maximum absolute atomic E-state index is 5.83. The molecule has 1 heterocycles. The van der Waals surface area contributed by atoms with Gasteiger partial charge in [0.15, 0.2) is 0 Å². The molecule has 0 aromatic heterocycles. The van der Waals surface area contributed by atoms with Gasteiger partial charge in [0.05, 0.1) is 0 Å². The summed E-state index contributed by atoms with van der Waals surface area (Å²) in [5.41, 5.74) is 1.35. The van der Waals surface area contributed by atoms with E-state index < -0.39 is 0 Å². The van der Waals surface area contributed by atoms with Crippen LogP contribution in [0.15, 0.2) is 24.3 Å². The zero-order valence-corrected chi connectivity index (χ0v) is 10.2. The Bertz CT molecular complexity index is 291. The average Bonchev–Trinajstić information content (AvgIpc) is 2.67. The topological polar surface area (TPSA) is 9.23 Å². The van der Waals surface area contributed by atoms with Crippen molar-refractivity contribution in [1.82, 2.24) is 0 Å². The minimum absolute atomic E-state index is 0.364. The van der Waals surface area contributed by atoms with Crippen molar-refractivity contribution in [3.05, 3.63) is 29.8 Å². The Morgan fingerprint density at radius 3 is 3.07 bits per heavy atom. The van der Waals surface area contributed by atoms with Crippen LogP contribution in [0.1, 0.15) is 12.0 Å². The van der Waals surface area contributed by atoms with Crippen molar-refractivity contribution in [2.24, 2.45) is 0 Å². The minimum Gasteiger partial charge on any atom is -0.489 e. The number of hydrogen-bond donors (Lipinski definition) is 0. The minimum atomic E-state index is 0.364. The molecule has 0 saturated carbocycles. The Balaban J connectivity index is 1.76. The van der Waals surface area contributed by atoms with Gasteiger partial charge in [-0.25, -0.2) is 0 Å². The van der Waals surface area contributed by atoms with Crippen molar-refractivity contribution in [3.63, 3.8) is 0 Å². The van der Waals surface area contributed by atoms with Gasteiger partial charge in [0.2, 0.25) is 0 Å². The van der Waals surface area contributed by atoms with E-state index in [2.05, 4.69) is 18.2 Å². The van der Waals surface area contributed by atoms with Gasteiger partial charge < -0.3 is 4.74 Å². The molecule has 0 fully saturated rings. The predicted octanol–water partition coefficient (Wildman–Crippen LogP) is 3.35. The summed E-state index contributed by atoms with van der Waals surface area (Å²) >= 11 is 7.56. The normalized spacial score (nSPS) is 18.6. The van der Waals surface area contributed by atoms with Crippen molar-refractivity contribution in [2.45, 2.75) is 18.9 Å². The molecule has 15 heavy (non-hydrogen) atoms. The highest BCUT2D eigenvalue weighted by molar-refractivity contribution is 7.99. The SMILES string of the molecule is ClCCCSCC1Cc2ccccc2O1. The molecule has 0 saturated heterocycles. The third-order valence-electron chi connectivity index (χ3n) is 2.44. The molecule has 1 aliphatic rings. The number of halogens is 1. The highest BCUT2D eigenvalue weighted by Crippen LogP contribution is 2.29. The molecule has 3 heteroatoms. The smallest absolute Gasteiger partial charge is 0.123 e. The van der Waals surface area contributed by atoms with Crippen LogP contribution in [0.25, 0.3) is 0 Å². The lowest BCUT2D eigenvalue weighted by Gasteiger charge is -2.09. The molecule has 1 atom stereocenters. The van der Waals surface area contributed by atoms with E-state index in [1.807, 2.05) is 17.8 Å². The Morgan fingerprint density at radius 1 is 1.40 bits per heavy atom. The van der Waals surface area contributed by atoms with Crippen molar-refractivity contribution >= 4 is 23.4 Å². The first-order valence-electron chi connectivity index (χ1n) is 5.28. The molecule has 0 bridgehead atoms. The van der Waals surface area contributed by atoms with Gasteiger partial charge >= 0.3 is 0 Å². The molecule has 0 radical (unpaired) electrons. The summed E-state index contributed by atoms with van der Waals surface area (Å²) in [4.78, 5) is 0.